The molecule has 5 rings (SSSR count). The van der Waals surface area contributed by atoms with E-state index in [4.69, 9.17) is 4.74 Å². The molecule has 1 aliphatic carbocycles. The molecule has 0 aliphatic heterocycles. The van der Waals surface area contributed by atoms with E-state index >= 15 is 0 Å². The fourth-order valence-electron chi connectivity index (χ4n) is 3.45. The maximum atomic E-state index is 5.60. The van der Waals surface area contributed by atoms with Crippen LogP contribution in [0.25, 0.3) is 27.8 Å². The standard InChI is InChI=1S/C19H19N7O/c1-2-27-14-8-13(9-14)24-19-23-11-17-15(3-6-26(17)25-19)12-7-16-18(22-10-12)21-5-4-20-16/h3-7,10-11,13-14H,2,8-9H2,1H3,(H,24,25)/t13-,14+. The molecule has 1 saturated carbocycles. The zero-order valence-corrected chi connectivity index (χ0v) is 14.9. The summed E-state index contributed by atoms with van der Waals surface area (Å²) in [6, 6.07) is 4.37. The van der Waals surface area contributed by atoms with Crippen molar-refractivity contribution in [3.63, 3.8) is 0 Å². The van der Waals surface area contributed by atoms with E-state index in [1.165, 1.54) is 0 Å². The van der Waals surface area contributed by atoms with Gasteiger partial charge >= 0.3 is 0 Å². The number of rotatable bonds is 5. The summed E-state index contributed by atoms with van der Waals surface area (Å²) in [4.78, 5) is 17.4. The van der Waals surface area contributed by atoms with Crippen molar-refractivity contribution in [3.05, 3.63) is 43.1 Å². The van der Waals surface area contributed by atoms with Crippen molar-refractivity contribution < 1.29 is 4.74 Å². The third-order valence-corrected chi connectivity index (χ3v) is 4.88. The maximum absolute atomic E-state index is 5.60. The van der Waals surface area contributed by atoms with Gasteiger partial charge in [-0.1, -0.05) is 0 Å². The van der Waals surface area contributed by atoms with Crippen LogP contribution >= 0.6 is 0 Å². The van der Waals surface area contributed by atoms with Gasteiger partial charge in [0.15, 0.2) is 5.65 Å². The van der Waals surface area contributed by atoms with E-state index in [-0.39, 0.29) is 0 Å². The molecule has 4 heterocycles. The van der Waals surface area contributed by atoms with Crippen molar-refractivity contribution in [3.8, 4) is 11.1 Å². The van der Waals surface area contributed by atoms with E-state index in [0.29, 0.717) is 23.7 Å². The van der Waals surface area contributed by atoms with Gasteiger partial charge in [0.25, 0.3) is 0 Å². The Morgan fingerprint density at radius 1 is 1.15 bits per heavy atom. The van der Waals surface area contributed by atoms with Crippen molar-refractivity contribution in [2.75, 3.05) is 11.9 Å². The molecule has 4 aromatic rings. The molecule has 1 aliphatic rings. The summed E-state index contributed by atoms with van der Waals surface area (Å²) < 4.78 is 7.43. The Morgan fingerprint density at radius 2 is 2.04 bits per heavy atom. The summed E-state index contributed by atoms with van der Waals surface area (Å²) in [5.74, 6) is 0.632. The lowest BCUT2D eigenvalue weighted by molar-refractivity contribution is 0.00283. The summed E-state index contributed by atoms with van der Waals surface area (Å²) in [5.41, 5.74) is 4.31. The van der Waals surface area contributed by atoms with Gasteiger partial charge in [-0.2, -0.15) is 0 Å². The van der Waals surface area contributed by atoms with Crippen molar-refractivity contribution in [1.82, 2.24) is 29.5 Å². The lowest BCUT2D eigenvalue weighted by Gasteiger charge is -2.35. The lowest BCUT2D eigenvalue weighted by atomic mass is 9.89. The molecule has 4 aromatic heterocycles. The molecule has 0 saturated heterocycles. The summed E-state index contributed by atoms with van der Waals surface area (Å²) in [6.07, 6.45) is 11.2. The van der Waals surface area contributed by atoms with Gasteiger partial charge in [0.1, 0.15) is 5.52 Å². The minimum absolute atomic E-state index is 0.359. The number of hydrogen-bond acceptors (Lipinski definition) is 7. The van der Waals surface area contributed by atoms with Crippen molar-refractivity contribution in [1.29, 1.82) is 0 Å². The Balaban J connectivity index is 1.40. The maximum Gasteiger partial charge on any atom is 0.241 e. The van der Waals surface area contributed by atoms with Gasteiger partial charge in [-0.3, -0.25) is 4.98 Å². The summed E-state index contributed by atoms with van der Waals surface area (Å²) in [6.45, 7) is 2.79. The van der Waals surface area contributed by atoms with E-state index < -0.39 is 0 Å². The van der Waals surface area contributed by atoms with Crippen LogP contribution in [0, 0.1) is 0 Å². The SMILES string of the molecule is CCO[C@H]1C[C@@H](Nc2ncc3c(-c4cnc5nccnc5c4)ccn3n2)C1. The Bertz CT molecular complexity index is 1100. The number of nitrogens with one attached hydrogen (secondary N) is 1. The smallest absolute Gasteiger partial charge is 0.241 e. The molecule has 0 radical (unpaired) electrons. The second-order valence-corrected chi connectivity index (χ2v) is 6.65. The van der Waals surface area contributed by atoms with Gasteiger partial charge < -0.3 is 10.1 Å². The molecule has 136 valence electrons. The van der Waals surface area contributed by atoms with Crippen LogP contribution in [-0.2, 0) is 4.74 Å². The number of nitrogens with zero attached hydrogens (tertiary/aromatic N) is 6. The lowest BCUT2D eigenvalue weighted by Crippen LogP contribution is -2.41. The summed E-state index contributed by atoms with van der Waals surface area (Å²) in [7, 11) is 0. The van der Waals surface area contributed by atoms with E-state index in [1.807, 2.05) is 36.0 Å². The Kier molecular flexibility index (Phi) is 3.90. The van der Waals surface area contributed by atoms with Gasteiger partial charge in [-0.25, -0.2) is 19.5 Å². The molecule has 0 bridgehead atoms. The van der Waals surface area contributed by atoms with Crippen molar-refractivity contribution in [2.24, 2.45) is 0 Å². The van der Waals surface area contributed by atoms with Gasteiger partial charge in [0.2, 0.25) is 5.95 Å². The van der Waals surface area contributed by atoms with Crippen LogP contribution < -0.4 is 5.32 Å². The molecule has 0 aromatic carbocycles. The van der Waals surface area contributed by atoms with Gasteiger partial charge in [0.05, 0.1) is 17.8 Å². The molecule has 1 N–H and O–H groups in total. The molecule has 0 amide bonds. The van der Waals surface area contributed by atoms with Crippen LogP contribution in [0.3, 0.4) is 0 Å². The van der Waals surface area contributed by atoms with Gasteiger partial charge in [-0.05, 0) is 31.9 Å². The van der Waals surface area contributed by atoms with Crippen LogP contribution in [0.2, 0.25) is 0 Å². The normalized spacial score (nSPS) is 19.3. The molecule has 0 atom stereocenters. The van der Waals surface area contributed by atoms with Crippen LogP contribution in [-0.4, -0.2) is 48.3 Å². The second-order valence-electron chi connectivity index (χ2n) is 6.65. The fraction of sp³-hybridized carbons (Fsp3) is 0.316. The van der Waals surface area contributed by atoms with Crippen LogP contribution in [0.1, 0.15) is 19.8 Å². The second kappa shape index (κ2) is 6.55. The average Bonchev–Trinajstić information content (AvgIpc) is 3.09. The number of anilines is 1. The number of hydrogen-bond donors (Lipinski definition) is 1. The zero-order chi connectivity index (χ0) is 18.2. The molecule has 8 heteroatoms. The van der Waals surface area contributed by atoms with Crippen LogP contribution in [0.4, 0.5) is 5.95 Å². The molecular formula is C19H19N7O. The Morgan fingerprint density at radius 3 is 2.93 bits per heavy atom. The first kappa shape index (κ1) is 16.1. The molecular weight excluding hydrogens is 342 g/mol. The first-order chi connectivity index (χ1) is 13.3. The number of pyridine rings is 1. The number of fused-ring (bicyclic) bond motifs is 2. The highest BCUT2D eigenvalue weighted by molar-refractivity contribution is 5.84. The van der Waals surface area contributed by atoms with Crippen molar-refractivity contribution in [2.45, 2.75) is 31.9 Å². The van der Waals surface area contributed by atoms with E-state index in [1.54, 1.807) is 18.6 Å². The number of ether oxygens (including phenoxy) is 1. The molecule has 27 heavy (non-hydrogen) atoms. The minimum Gasteiger partial charge on any atom is -0.378 e. The van der Waals surface area contributed by atoms with E-state index in [0.717, 1.165) is 41.6 Å². The topological polar surface area (TPSA) is 90.1 Å². The molecule has 1 fully saturated rings. The fourth-order valence-corrected chi connectivity index (χ4v) is 3.45. The van der Waals surface area contributed by atoms with Crippen LogP contribution in [0.15, 0.2) is 43.1 Å². The largest absolute Gasteiger partial charge is 0.378 e. The Labute approximate surface area is 155 Å². The molecule has 0 spiro atoms. The third kappa shape index (κ3) is 2.97. The average molecular weight is 361 g/mol. The van der Waals surface area contributed by atoms with Crippen LogP contribution in [0.5, 0.6) is 0 Å². The summed E-state index contributed by atoms with van der Waals surface area (Å²) >= 11 is 0. The monoisotopic (exact) mass is 361 g/mol. The molecule has 8 nitrogen and oxygen atoms in total. The Hall–Kier alpha value is -3.13. The first-order valence-corrected chi connectivity index (χ1v) is 9.10. The predicted octanol–water partition coefficient (Wildman–Crippen LogP) is 2.71. The molecule has 0 unspecified atom stereocenters. The predicted molar refractivity (Wildman–Crippen MR) is 101 cm³/mol. The summed E-state index contributed by atoms with van der Waals surface area (Å²) in [5, 5.41) is 7.96. The highest BCUT2D eigenvalue weighted by Crippen LogP contribution is 2.28. The highest BCUT2D eigenvalue weighted by Gasteiger charge is 2.30. The van der Waals surface area contributed by atoms with Crippen molar-refractivity contribution >= 4 is 22.6 Å². The minimum atomic E-state index is 0.359. The quantitative estimate of drug-likeness (QED) is 0.584. The van der Waals surface area contributed by atoms with E-state index in [2.05, 4.69) is 30.4 Å². The van der Waals surface area contributed by atoms with Gasteiger partial charge in [0, 0.05) is 48.6 Å². The number of aromatic nitrogens is 6. The van der Waals surface area contributed by atoms with E-state index in [9.17, 15) is 0 Å². The zero-order valence-electron chi connectivity index (χ0n) is 14.9. The first-order valence-electron chi connectivity index (χ1n) is 9.10. The highest BCUT2D eigenvalue weighted by atomic mass is 16.5. The van der Waals surface area contributed by atoms with Gasteiger partial charge in [-0.15, -0.1) is 5.10 Å². The third-order valence-electron chi connectivity index (χ3n) is 4.88.